The molecule has 5 nitrogen and oxygen atoms in total. The van der Waals surface area contributed by atoms with Gasteiger partial charge in [0.25, 0.3) is 0 Å². The largest absolute Gasteiger partial charge is 1.00 e. The molecule has 1 saturated heterocycles. The number of piperazine rings is 1. The Bertz CT molecular complexity index is 1190. The number of nitrogens with one attached hydrogen (secondary N) is 2. The molecule has 2 N–H and O–H groups in total. The van der Waals surface area contributed by atoms with Gasteiger partial charge in [0, 0.05) is 44.3 Å². The summed E-state index contributed by atoms with van der Waals surface area (Å²) in [6.45, 7) is -1.61. The minimum Gasteiger partial charge on any atom is -0.448 e. The Balaban J connectivity index is 0.00000304. The van der Waals surface area contributed by atoms with Gasteiger partial charge in [-0.25, -0.2) is 4.79 Å². The molecule has 0 spiro atoms. The molecule has 10 heteroatoms. The number of hydrogen-bond donors (Lipinski definition) is 2. The predicted octanol–water partition coefficient (Wildman–Crippen LogP) is 1.51. The molecule has 1 aliphatic carbocycles. The zero-order valence-electron chi connectivity index (χ0n) is 20.1. The van der Waals surface area contributed by atoms with Crippen molar-refractivity contribution in [3.8, 4) is 11.1 Å². The molecule has 36 heavy (non-hydrogen) atoms. The number of halogens is 3. The topological polar surface area (TPSA) is 53.6 Å². The Morgan fingerprint density at radius 3 is 2.19 bits per heavy atom. The van der Waals surface area contributed by atoms with Crippen molar-refractivity contribution in [3.63, 3.8) is 0 Å². The number of rotatable bonds is 6. The first-order valence-corrected chi connectivity index (χ1v) is 11.8. The van der Waals surface area contributed by atoms with Gasteiger partial charge in [-0.1, -0.05) is 60.7 Å². The molecule has 0 aromatic heterocycles. The minimum atomic E-state index is -5.21. The molecule has 0 bridgehead atoms. The first-order valence-electron chi connectivity index (χ1n) is 11.8. The van der Waals surface area contributed by atoms with E-state index in [0.29, 0.717) is 12.1 Å². The third kappa shape index (κ3) is 6.24. The number of benzene rings is 3. The molecule has 1 amide bonds. The summed E-state index contributed by atoms with van der Waals surface area (Å²) in [5, 5.41) is 5.75. The molecule has 3 aromatic rings. The van der Waals surface area contributed by atoms with Crippen LogP contribution in [-0.4, -0.2) is 50.8 Å². The van der Waals surface area contributed by atoms with E-state index in [1.165, 1.54) is 6.07 Å². The zero-order valence-corrected chi connectivity index (χ0v) is 23.3. The van der Waals surface area contributed by atoms with Crippen LogP contribution < -0.4 is 67.5 Å². The Kier molecular flexibility index (Phi) is 8.98. The molecule has 0 atom stereocenters. The van der Waals surface area contributed by atoms with Gasteiger partial charge in [0.2, 0.25) is 0 Å². The molecule has 0 radical (unpaired) electrons. The van der Waals surface area contributed by atoms with Gasteiger partial charge in [0.05, 0.1) is 0 Å². The van der Waals surface area contributed by atoms with Gasteiger partial charge >= 0.3 is 64.5 Å². The summed E-state index contributed by atoms with van der Waals surface area (Å²) < 4.78 is 46.3. The van der Waals surface area contributed by atoms with Crippen LogP contribution in [0.2, 0.25) is 0 Å². The molecule has 1 heterocycles. The van der Waals surface area contributed by atoms with E-state index in [-0.39, 0.29) is 69.6 Å². The van der Waals surface area contributed by atoms with Crippen LogP contribution in [0.25, 0.3) is 11.1 Å². The van der Waals surface area contributed by atoms with Crippen LogP contribution in [-0.2, 0) is 11.3 Å². The maximum Gasteiger partial charge on any atom is 1.00 e. The van der Waals surface area contributed by atoms with Crippen LogP contribution in [0.5, 0.6) is 0 Å². The minimum absolute atomic E-state index is 0. The van der Waals surface area contributed by atoms with E-state index in [0.717, 1.165) is 54.5 Å². The number of fused-ring (bicyclic) bond motifs is 3. The van der Waals surface area contributed by atoms with Crippen LogP contribution in [0.4, 0.5) is 23.4 Å². The number of hydrogen-bond acceptors (Lipinski definition) is 4. The van der Waals surface area contributed by atoms with E-state index in [9.17, 15) is 17.7 Å². The van der Waals surface area contributed by atoms with Crippen LogP contribution in [0.1, 0.15) is 22.6 Å². The number of nitrogens with zero attached hydrogens (tertiary/aromatic N) is 1. The second-order valence-corrected chi connectivity index (χ2v) is 9.01. The molecule has 0 unspecified atom stereocenters. The summed E-state index contributed by atoms with van der Waals surface area (Å²) in [5.74, 6) is -0.124. The van der Waals surface area contributed by atoms with Crippen molar-refractivity contribution >= 4 is 24.2 Å². The van der Waals surface area contributed by atoms with E-state index < -0.39 is 18.5 Å². The molecular formula is C26H26BF3KN3O2. The maximum absolute atomic E-state index is 13.6. The van der Waals surface area contributed by atoms with Gasteiger partial charge in [-0.2, -0.15) is 0 Å². The van der Waals surface area contributed by atoms with Gasteiger partial charge in [0.1, 0.15) is 6.61 Å². The van der Waals surface area contributed by atoms with Crippen LogP contribution >= 0.6 is 0 Å². The number of amides is 1. The second-order valence-electron chi connectivity index (χ2n) is 9.01. The summed E-state index contributed by atoms with van der Waals surface area (Å²) >= 11 is 0. The molecule has 2 aliphatic rings. The molecule has 5 rings (SSSR count). The van der Waals surface area contributed by atoms with Crippen molar-refractivity contribution in [2.45, 2.75) is 12.5 Å². The summed E-state index contributed by atoms with van der Waals surface area (Å²) in [7, 11) is 0. The van der Waals surface area contributed by atoms with Crippen molar-refractivity contribution in [2.75, 3.05) is 38.1 Å². The average molecular weight is 519 g/mol. The maximum atomic E-state index is 13.6. The van der Waals surface area contributed by atoms with E-state index in [1.807, 2.05) is 48.5 Å². The van der Waals surface area contributed by atoms with E-state index in [4.69, 9.17) is 4.74 Å². The third-order valence-corrected chi connectivity index (χ3v) is 6.60. The van der Waals surface area contributed by atoms with Crippen molar-refractivity contribution in [3.05, 3.63) is 83.4 Å². The van der Waals surface area contributed by atoms with Gasteiger partial charge in [-0.05, 0) is 33.9 Å². The second kappa shape index (κ2) is 11.8. The Morgan fingerprint density at radius 2 is 1.58 bits per heavy atom. The Hall–Kier alpha value is -1.66. The number of carbonyl (C=O) groups excluding carboxylic acids is 1. The van der Waals surface area contributed by atoms with E-state index in [2.05, 4.69) is 15.5 Å². The summed E-state index contributed by atoms with van der Waals surface area (Å²) in [5.41, 5.74) is 4.22. The zero-order chi connectivity index (χ0) is 24.4. The molecule has 0 saturated carbocycles. The molecular weight excluding hydrogens is 493 g/mol. The summed E-state index contributed by atoms with van der Waals surface area (Å²) in [6, 6.07) is 19.7. The van der Waals surface area contributed by atoms with Gasteiger partial charge in [-0.3, -0.25) is 10.2 Å². The Morgan fingerprint density at radius 1 is 0.972 bits per heavy atom. The SMILES string of the molecule is O=C(Nc1cc(CN2CCNCC2)cc([B-](F)(F)F)c1)OCC1c2ccccc2-c2ccccc21.[K+]. The fraction of sp³-hybridized carbons (Fsp3) is 0.269. The number of ether oxygens (including phenoxy) is 1. The van der Waals surface area contributed by atoms with Crippen molar-refractivity contribution in [1.82, 2.24) is 10.2 Å². The van der Waals surface area contributed by atoms with Gasteiger partial charge < -0.3 is 23.0 Å². The fourth-order valence-corrected chi connectivity index (χ4v) is 4.95. The normalized spacial score (nSPS) is 15.5. The first kappa shape index (κ1) is 27.4. The van der Waals surface area contributed by atoms with Crippen LogP contribution in [0.3, 0.4) is 0 Å². The van der Waals surface area contributed by atoms with Crippen LogP contribution in [0.15, 0.2) is 66.7 Å². The summed E-state index contributed by atoms with van der Waals surface area (Å²) in [6.07, 6.45) is -0.771. The quantitative estimate of drug-likeness (QED) is 0.486. The van der Waals surface area contributed by atoms with Gasteiger partial charge in [0.15, 0.2) is 0 Å². The fourth-order valence-electron chi connectivity index (χ4n) is 4.95. The number of anilines is 1. The summed E-state index contributed by atoms with van der Waals surface area (Å²) in [4.78, 5) is 14.7. The monoisotopic (exact) mass is 519 g/mol. The third-order valence-electron chi connectivity index (χ3n) is 6.60. The predicted molar refractivity (Wildman–Crippen MR) is 132 cm³/mol. The molecule has 1 aliphatic heterocycles. The van der Waals surface area contributed by atoms with Crippen molar-refractivity contribution < 1.29 is 73.9 Å². The smallest absolute Gasteiger partial charge is 0.448 e. The number of carbonyl (C=O) groups is 1. The average Bonchev–Trinajstić information content (AvgIpc) is 3.16. The van der Waals surface area contributed by atoms with E-state index in [1.54, 1.807) is 6.07 Å². The van der Waals surface area contributed by atoms with Gasteiger partial charge in [-0.15, -0.1) is 5.46 Å². The van der Waals surface area contributed by atoms with Crippen molar-refractivity contribution in [1.29, 1.82) is 0 Å². The Labute approximate surface area is 251 Å². The van der Waals surface area contributed by atoms with Crippen molar-refractivity contribution in [2.24, 2.45) is 0 Å². The first-order chi connectivity index (χ1) is 16.9. The molecule has 3 aromatic carbocycles. The standard InChI is InChI=1S/C26H26BF3N3O2.K/c28-27(29,30)19-13-18(16-33-11-9-31-10-12-33)14-20(15-19)32-26(34)35-17-25-23-7-3-1-5-21(23)22-6-2-4-8-24(22)25;/h1-8,13-15,25,31H,9-12,16-17H2,(H,32,34);/q-1;+1. The van der Waals surface area contributed by atoms with Crippen LogP contribution in [0, 0.1) is 0 Å². The van der Waals surface area contributed by atoms with E-state index >= 15 is 0 Å². The molecule has 182 valence electrons. The molecule has 1 fully saturated rings.